The van der Waals surface area contributed by atoms with Crippen molar-refractivity contribution < 1.29 is 23.5 Å². The lowest BCUT2D eigenvalue weighted by atomic mass is 10.1. The average Bonchev–Trinajstić information content (AvgIpc) is 2.31. The molecule has 0 spiro atoms. The number of alkyl halides is 2. The Bertz CT molecular complexity index is 232. The highest BCUT2D eigenvalue weighted by molar-refractivity contribution is 5.86. The molecule has 74 valence electrons. The van der Waals surface area contributed by atoms with Crippen molar-refractivity contribution in [1.29, 1.82) is 0 Å². The normalized spacial score (nSPS) is 22.8. The van der Waals surface area contributed by atoms with E-state index in [1.807, 2.05) is 0 Å². The second-order valence-electron chi connectivity index (χ2n) is 2.93. The van der Waals surface area contributed by atoms with Crippen LogP contribution in [0.3, 0.4) is 0 Å². The van der Waals surface area contributed by atoms with Crippen LogP contribution in [0.4, 0.5) is 8.78 Å². The second-order valence-corrected chi connectivity index (χ2v) is 2.93. The van der Waals surface area contributed by atoms with Gasteiger partial charge >= 0.3 is 5.97 Å². The van der Waals surface area contributed by atoms with E-state index in [1.165, 1.54) is 0 Å². The number of likely N-dealkylation sites (tertiary alicyclic amines) is 1. The summed E-state index contributed by atoms with van der Waals surface area (Å²) in [6, 6.07) is 0. The monoisotopic (exact) mass is 193 g/mol. The number of carboxylic acids is 1. The van der Waals surface area contributed by atoms with Crippen LogP contribution in [0.2, 0.25) is 0 Å². The fourth-order valence-electron chi connectivity index (χ4n) is 1.28. The summed E-state index contributed by atoms with van der Waals surface area (Å²) >= 11 is 0. The van der Waals surface area contributed by atoms with Gasteiger partial charge in [0.2, 0.25) is 5.91 Å². The maximum absolute atomic E-state index is 11.8. The van der Waals surface area contributed by atoms with E-state index >= 15 is 0 Å². The van der Waals surface area contributed by atoms with E-state index in [2.05, 4.69) is 0 Å². The molecule has 0 saturated carbocycles. The Balaban J connectivity index is 2.51. The van der Waals surface area contributed by atoms with Crippen LogP contribution >= 0.6 is 0 Å². The van der Waals surface area contributed by atoms with Crippen molar-refractivity contribution >= 4 is 11.9 Å². The summed E-state index contributed by atoms with van der Waals surface area (Å²) in [5.74, 6) is -2.44. The van der Waals surface area contributed by atoms with Crippen molar-refractivity contribution in [2.75, 3.05) is 13.1 Å². The lowest BCUT2D eigenvalue weighted by Gasteiger charge is -2.14. The summed E-state index contributed by atoms with van der Waals surface area (Å²) in [4.78, 5) is 22.3. The molecule has 0 aliphatic carbocycles. The third-order valence-corrected chi connectivity index (χ3v) is 1.92. The molecule has 0 aromatic carbocycles. The first kappa shape index (κ1) is 9.88. The highest BCUT2D eigenvalue weighted by Crippen LogP contribution is 2.18. The van der Waals surface area contributed by atoms with E-state index in [4.69, 9.17) is 5.11 Å². The number of halogens is 2. The number of hydrogen-bond donors (Lipinski definition) is 1. The summed E-state index contributed by atoms with van der Waals surface area (Å²) in [6.45, 7) is -0.763. The summed E-state index contributed by atoms with van der Waals surface area (Å²) in [5.41, 5.74) is 0. The lowest BCUT2D eigenvalue weighted by Crippen LogP contribution is -2.30. The van der Waals surface area contributed by atoms with E-state index in [0.717, 1.165) is 4.90 Å². The zero-order valence-electron chi connectivity index (χ0n) is 6.74. The van der Waals surface area contributed by atoms with Gasteiger partial charge in [0.05, 0.1) is 12.5 Å². The molecular weight excluding hydrogens is 184 g/mol. The molecule has 1 atom stereocenters. The van der Waals surface area contributed by atoms with Gasteiger partial charge in [-0.3, -0.25) is 9.59 Å². The predicted octanol–water partition coefficient (Wildman–Crippen LogP) is 0.185. The molecule has 1 saturated heterocycles. The van der Waals surface area contributed by atoms with E-state index < -0.39 is 30.8 Å². The van der Waals surface area contributed by atoms with Crippen LogP contribution in [0.5, 0.6) is 0 Å². The minimum atomic E-state index is -2.60. The molecule has 4 nitrogen and oxygen atoms in total. The number of nitrogens with zero attached hydrogens (tertiary/aromatic N) is 1. The van der Waals surface area contributed by atoms with Crippen LogP contribution in [0.1, 0.15) is 6.42 Å². The molecule has 1 rings (SSSR count). The minimum absolute atomic E-state index is 0.0987. The van der Waals surface area contributed by atoms with Crippen LogP contribution in [0.15, 0.2) is 0 Å². The summed E-state index contributed by atoms with van der Waals surface area (Å²) in [7, 11) is 0. The molecule has 0 aromatic rings. The van der Waals surface area contributed by atoms with E-state index in [0.29, 0.717) is 0 Å². The highest BCUT2D eigenvalue weighted by Gasteiger charge is 2.35. The number of carbonyl (C=O) groups excluding carboxylic acids is 1. The Morgan fingerprint density at radius 2 is 2.31 bits per heavy atom. The first-order chi connectivity index (χ1) is 6.00. The minimum Gasteiger partial charge on any atom is -0.481 e. The van der Waals surface area contributed by atoms with E-state index in [1.54, 1.807) is 0 Å². The number of aliphatic carboxylic acids is 1. The Labute approximate surface area is 73.1 Å². The number of hydrogen-bond acceptors (Lipinski definition) is 2. The molecule has 1 unspecified atom stereocenters. The smallest absolute Gasteiger partial charge is 0.308 e. The molecule has 1 fully saturated rings. The van der Waals surface area contributed by atoms with Crippen molar-refractivity contribution in [1.82, 2.24) is 4.90 Å². The fourth-order valence-corrected chi connectivity index (χ4v) is 1.28. The Kier molecular flexibility index (Phi) is 2.79. The van der Waals surface area contributed by atoms with Crippen molar-refractivity contribution in [2.24, 2.45) is 5.92 Å². The van der Waals surface area contributed by atoms with Crippen LogP contribution < -0.4 is 0 Å². The number of carboxylic acid groups (broad SMARTS) is 1. The molecule has 0 bridgehead atoms. The third-order valence-electron chi connectivity index (χ3n) is 1.92. The van der Waals surface area contributed by atoms with Gasteiger partial charge < -0.3 is 10.0 Å². The molecule has 0 radical (unpaired) electrons. The predicted molar refractivity (Wildman–Crippen MR) is 38.3 cm³/mol. The highest BCUT2D eigenvalue weighted by atomic mass is 19.3. The molecule has 1 heterocycles. The molecule has 13 heavy (non-hydrogen) atoms. The fraction of sp³-hybridized carbons (Fsp3) is 0.714. The molecule has 0 aromatic heterocycles. The third kappa shape index (κ3) is 2.37. The summed E-state index contributed by atoms with van der Waals surface area (Å²) in [5, 5.41) is 8.52. The standard InChI is InChI=1S/C7H9F2NO3/c8-5(9)3-10-2-4(7(12)13)1-6(10)11/h4-5H,1-3H2,(H,12,13). The first-order valence-corrected chi connectivity index (χ1v) is 3.79. The lowest BCUT2D eigenvalue weighted by molar-refractivity contribution is -0.141. The van der Waals surface area contributed by atoms with Gasteiger partial charge in [-0.2, -0.15) is 0 Å². The van der Waals surface area contributed by atoms with E-state index in [-0.39, 0.29) is 13.0 Å². The number of amides is 1. The van der Waals surface area contributed by atoms with Gasteiger partial charge in [-0.05, 0) is 0 Å². The van der Waals surface area contributed by atoms with E-state index in [9.17, 15) is 18.4 Å². The molecule has 1 aliphatic rings. The van der Waals surface area contributed by atoms with Crippen molar-refractivity contribution in [3.05, 3.63) is 0 Å². The van der Waals surface area contributed by atoms with Crippen LogP contribution in [-0.2, 0) is 9.59 Å². The van der Waals surface area contributed by atoms with Gasteiger partial charge in [-0.1, -0.05) is 0 Å². The molecule has 1 amide bonds. The largest absolute Gasteiger partial charge is 0.481 e. The molecular formula is C7H9F2NO3. The Hall–Kier alpha value is -1.20. The quantitative estimate of drug-likeness (QED) is 0.695. The number of carbonyl (C=O) groups is 2. The average molecular weight is 193 g/mol. The van der Waals surface area contributed by atoms with Gasteiger partial charge in [-0.15, -0.1) is 0 Å². The molecule has 1 N–H and O–H groups in total. The van der Waals surface area contributed by atoms with Gasteiger partial charge in [-0.25, -0.2) is 8.78 Å². The van der Waals surface area contributed by atoms with Gasteiger partial charge in [0.25, 0.3) is 6.43 Å². The number of rotatable bonds is 3. The zero-order valence-corrected chi connectivity index (χ0v) is 6.74. The van der Waals surface area contributed by atoms with Crippen molar-refractivity contribution in [2.45, 2.75) is 12.8 Å². The van der Waals surface area contributed by atoms with Crippen LogP contribution in [0.25, 0.3) is 0 Å². The Morgan fingerprint density at radius 3 is 2.69 bits per heavy atom. The first-order valence-electron chi connectivity index (χ1n) is 3.79. The molecule has 6 heteroatoms. The maximum atomic E-state index is 11.8. The van der Waals surface area contributed by atoms with Gasteiger partial charge in [0.15, 0.2) is 0 Å². The zero-order chi connectivity index (χ0) is 10.0. The van der Waals surface area contributed by atoms with Crippen LogP contribution in [-0.4, -0.2) is 41.4 Å². The van der Waals surface area contributed by atoms with Gasteiger partial charge in [0, 0.05) is 13.0 Å². The maximum Gasteiger partial charge on any atom is 0.308 e. The van der Waals surface area contributed by atoms with Crippen molar-refractivity contribution in [3.63, 3.8) is 0 Å². The second kappa shape index (κ2) is 3.68. The summed E-state index contributed by atoms with van der Waals surface area (Å²) in [6.07, 6.45) is -2.77. The van der Waals surface area contributed by atoms with Crippen LogP contribution in [0, 0.1) is 5.92 Å². The molecule has 1 aliphatic heterocycles. The van der Waals surface area contributed by atoms with Gasteiger partial charge in [0.1, 0.15) is 0 Å². The Morgan fingerprint density at radius 1 is 1.69 bits per heavy atom. The van der Waals surface area contributed by atoms with Crippen molar-refractivity contribution in [3.8, 4) is 0 Å². The summed E-state index contributed by atoms with van der Waals surface area (Å²) < 4.78 is 23.7. The SMILES string of the molecule is O=C(O)C1CC(=O)N(CC(F)F)C1. The topological polar surface area (TPSA) is 57.6 Å².